The zero-order valence-electron chi connectivity index (χ0n) is 16.2. The molecule has 1 saturated heterocycles. The number of aliphatic carboxylic acids is 1. The highest BCUT2D eigenvalue weighted by Gasteiger charge is 2.25. The molecule has 2 aliphatic rings. The Labute approximate surface area is 180 Å². The van der Waals surface area contributed by atoms with Crippen LogP contribution in [0.1, 0.15) is 24.8 Å². The fourth-order valence-electron chi connectivity index (χ4n) is 3.73. The minimum absolute atomic E-state index is 0.255. The average molecular weight is 430 g/mol. The molecule has 1 fully saturated rings. The lowest BCUT2D eigenvalue weighted by molar-refractivity contribution is -0.137. The summed E-state index contributed by atoms with van der Waals surface area (Å²) in [6, 6.07) is 14.3. The summed E-state index contributed by atoms with van der Waals surface area (Å²) in [6.07, 6.45) is 1.92. The molecular formula is C22H24ClN3O2S. The number of hydrogen-bond acceptors (Lipinski definition) is 5. The molecule has 29 heavy (non-hydrogen) atoms. The van der Waals surface area contributed by atoms with Crippen molar-refractivity contribution in [2.75, 3.05) is 32.7 Å². The molecule has 0 unspecified atom stereocenters. The van der Waals surface area contributed by atoms with Crippen molar-refractivity contribution < 1.29 is 9.90 Å². The van der Waals surface area contributed by atoms with Gasteiger partial charge in [-0.1, -0.05) is 35.5 Å². The molecular weight excluding hydrogens is 406 g/mol. The van der Waals surface area contributed by atoms with Crippen LogP contribution in [0.4, 0.5) is 5.69 Å². The predicted molar refractivity (Wildman–Crippen MR) is 118 cm³/mol. The van der Waals surface area contributed by atoms with E-state index < -0.39 is 5.97 Å². The topological polar surface area (TPSA) is 56.1 Å². The first-order valence-corrected chi connectivity index (χ1v) is 11.1. The molecule has 2 aliphatic heterocycles. The van der Waals surface area contributed by atoms with Crippen LogP contribution in [-0.2, 0) is 4.79 Å². The molecule has 0 aliphatic carbocycles. The summed E-state index contributed by atoms with van der Waals surface area (Å²) in [4.78, 5) is 22.8. The van der Waals surface area contributed by atoms with Crippen LogP contribution in [0.15, 0.2) is 57.2 Å². The summed E-state index contributed by atoms with van der Waals surface area (Å²) in [7, 11) is 0. The van der Waals surface area contributed by atoms with Gasteiger partial charge in [0.2, 0.25) is 0 Å². The van der Waals surface area contributed by atoms with Crippen molar-refractivity contribution in [2.45, 2.75) is 29.1 Å². The lowest BCUT2D eigenvalue weighted by Crippen LogP contribution is -2.49. The van der Waals surface area contributed by atoms with Gasteiger partial charge < -0.3 is 10.0 Å². The van der Waals surface area contributed by atoms with E-state index in [2.05, 4.69) is 28.0 Å². The van der Waals surface area contributed by atoms with Crippen LogP contribution in [0.5, 0.6) is 0 Å². The largest absolute Gasteiger partial charge is 0.481 e. The van der Waals surface area contributed by atoms with E-state index in [0.29, 0.717) is 0 Å². The SMILES string of the molecule is O=C(O)CCCCN1CCN(C2=Nc3ccccc3Sc3ccc(Cl)cc32)CC1. The van der Waals surface area contributed by atoms with Gasteiger partial charge in [0.15, 0.2) is 0 Å². The quantitative estimate of drug-likeness (QED) is 0.694. The number of nitrogens with zero attached hydrogens (tertiary/aromatic N) is 3. The highest BCUT2D eigenvalue weighted by Crippen LogP contribution is 2.41. The monoisotopic (exact) mass is 429 g/mol. The number of piperazine rings is 1. The van der Waals surface area contributed by atoms with Crippen molar-refractivity contribution >= 4 is 40.9 Å². The number of halogens is 1. The van der Waals surface area contributed by atoms with Crippen molar-refractivity contribution in [1.82, 2.24) is 9.80 Å². The molecule has 0 aromatic heterocycles. The number of benzene rings is 2. The zero-order chi connectivity index (χ0) is 20.2. The molecule has 0 bridgehead atoms. The van der Waals surface area contributed by atoms with Crippen LogP contribution in [0.2, 0.25) is 5.02 Å². The molecule has 0 saturated carbocycles. The van der Waals surface area contributed by atoms with Gasteiger partial charge in [-0.05, 0) is 49.7 Å². The van der Waals surface area contributed by atoms with Gasteiger partial charge in [0.25, 0.3) is 0 Å². The Hall–Kier alpha value is -2.02. The fraction of sp³-hybridized carbons (Fsp3) is 0.364. The van der Waals surface area contributed by atoms with Gasteiger partial charge >= 0.3 is 5.97 Å². The Morgan fingerprint density at radius 2 is 1.86 bits per heavy atom. The Bertz CT molecular complexity index is 926. The third-order valence-corrected chi connectivity index (χ3v) is 6.66. The maximum absolute atomic E-state index is 10.7. The van der Waals surface area contributed by atoms with E-state index in [4.69, 9.17) is 21.7 Å². The molecule has 2 heterocycles. The second-order valence-electron chi connectivity index (χ2n) is 7.33. The second-order valence-corrected chi connectivity index (χ2v) is 8.85. The standard InChI is InChI=1S/C22H24ClN3O2S/c23-16-8-9-19-17(15-16)22(24-18-5-1-2-6-20(18)29-19)26-13-11-25(12-14-26)10-4-3-7-21(27)28/h1-2,5-6,8-9,15H,3-4,7,10-14H2,(H,27,28). The van der Waals surface area contributed by atoms with E-state index in [-0.39, 0.29) is 6.42 Å². The van der Waals surface area contributed by atoms with Crippen LogP contribution in [-0.4, -0.2) is 59.4 Å². The smallest absolute Gasteiger partial charge is 0.303 e. The maximum atomic E-state index is 10.7. The molecule has 0 amide bonds. The van der Waals surface area contributed by atoms with Crippen LogP contribution < -0.4 is 0 Å². The Morgan fingerprint density at radius 3 is 2.66 bits per heavy atom. The number of unbranched alkanes of at least 4 members (excludes halogenated alkanes) is 1. The van der Waals surface area contributed by atoms with E-state index in [1.165, 1.54) is 4.90 Å². The molecule has 5 nitrogen and oxygen atoms in total. The highest BCUT2D eigenvalue weighted by molar-refractivity contribution is 7.99. The van der Waals surface area contributed by atoms with Crippen LogP contribution in [0.25, 0.3) is 0 Å². The number of fused-ring (bicyclic) bond motifs is 2. The van der Waals surface area contributed by atoms with Crippen molar-refractivity contribution in [1.29, 1.82) is 0 Å². The van der Waals surface area contributed by atoms with E-state index in [0.717, 1.165) is 72.6 Å². The van der Waals surface area contributed by atoms with Gasteiger partial charge in [-0.15, -0.1) is 0 Å². The number of carboxylic acid groups (broad SMARTS) is 1. The Balaban J connectivity index is 1.50. The van der Waals surface area contributed by atoms with Gasteiger partial charge in [0.1, 0.15) is 5.84 Å². The summed E-state index contributed by atoms with van der Waals surface area (Å²) < 4.78 is 0. The van der Waals surface area contributed by atoms with E-state index in [1.54, 1.807) is 11.8 Å². The van der Waals surface area contributed by atoms with Crippen LogP contribution in [0.3, 0.4) is 0 Å². The second kappa shape index (κ2) is 9.20. The molecule has 2 aromatic carbocycles. The number of para-hydroxylation sites is 1. The van der Waals surface area contributed by atoms with E-state index >= 15 is 0 Å². The molecule has 0 atom stereocenters. The summed E-state index contributed by atoms with van der Waals surface area (Å²) in [5.41, 5.74) is 2.09. The van der Waals surface area contributed by atoms with Crippen LogP contribution >= 0.6 is 23.4 Å². The Kier molecular flexibility index (Phi) is 6.43. The molecule has 4 rings (SSSR count). The van der Waals surface area contributed by atoms with Crippen molar-refractivity contribution in [3.63, 3.8) is 0 Å². The summed E-state index contributed by atoms with van der Waals surface area (Å²) in [6.45, 7) is 4.66. The average Bonchev–Trinajstić information content (AvgIpc) is 2.88. The molecule has 7 heteroatoms. The number of hydrogen-bond donors (Lipinski definition) is 1. The Morgan fingerprint density at radius 1 is 1.07 bits per heavy atom. The van der Waals surface area contributed by atoms with Crippen LogP contribution in [0, 0.1) is 0 Å². The van der Waals surface area contributed by atoms with Gasteiger partial charge in [-0.25, -0.2) is 4.99 Å². The molecule has 2 aromatic rings. The molecule has 152 valence electrons. The minimum Gasteiger partial charge on any atom is -0.481 e. The number of carboxylic acids is 1. The van der Waals surface area contributed by atoms with E-state index in [1.807, 2.05) is 24.3 Å². The summed E-state index contributed by atoms with van der Waals surface area (Å²) >= 11 is 8.07. The highest BCUT2D eigenvalue weighted by atomic mass is 35.5. The van der Waals surface area contributed by atoms with Gasteiger partial charge in [0.05, 0.1) is 5.69 Å². The van der Waals surface area contributed by atoms with E-state index in [9.17, 15) is 4.79 Å². The van der Waals surface area contributed by atoms with Gasteiger partial charge in [-0.2, -0.15) is 0 Å². The summed E-state index contributed by atoms with van der Waals surface area (Å²) in [5.74, 6) is 0.280. The van der Waals surface area contributed by atoms with Gasteiger partial charge in [0, 0.05) is 53.0 Å². The fourth-order valence-corrected chi connectivity index (χ4v) is 4.90. The first-order valence-electron chi connectivity index (χ1n) is 9.95. The lowest BCUT2D eigenvalue weighted by Gasteiger charge is -2.36. The molecule has 0 radical (unpaired) electrons. The van der Waals surface area contributed by atoms with Crippen molar-refractivity contribution in [2.24, 2.45) is 4.99 Å². The lowest BCUT2D eigenvalue weighted by atomic mass is 10.1. The van der Waals surface area contributed by atoms with Gasteiger partial charge in [-0.3, -0.25) is 9.69 Å². The number of rotatable bonds is 5. The maximum Gasteiger partial charge on any atom is 0.303 e. The third kappa shape index (κ3) is 4.94. The normalized spacial score (nSPS) is 16.6. The first-order chi connectivity index (χ1) is 14.1. The molecule has 1 N–H and O–H groups in total. The first kappa shape index (κ1) is 20.3. The minimum atomic E-state index is -0.711. The number of carbonyl (C=O) groups is 1. The zero-order valence-corrected chi connectivity index (χ0v) is 17.8. The van der Waals surface area contributed by atoms with Crippen molar-refractivity contribution in [3.05, 3.63) is 53.1 Å². The number of aliphatic imine (C=N–C) groups is 1. The van der Waals surface area contributed by atoms with Crippen molar-refractivity contribution in [3.8, 4) is 0 Å². The predicted octanol–water partition coefficient (Wildman–Crippen LogP) is 4.76. The summed E-state index contributed by atoms with van der Waals surface area (Å²) in [5, 5.41) is 9.50. The number of amidine groups is 1. The third-order valence-electron chi connectivity index (χ3n) is 5.28. The molecule has 0 spiro atoms.